The van der Waals surface area contributed by atoms with E-state index in [4.69, 9.17) is 42.1 Å². The largest absolute Gasteiger partial charge is 0.456 e. The lowest BCUT2D eigenvalue weighted by Crippen LogP contribution is -2.28. The van der Waals surface area contributed by atoms with Gasteiger partial charge in [0.15, 0.2) is 0 Å². The van der Waals surface area contributed by atoms with E-state index in [0.717, 1.165) is 33.4 Å². The predicted octanol–water partition coefficient (Wildman–Crippen LogP) is 15.0. The van der Waals surface area contributed by atoms with Crippen molar-refractivity contribution in [2.45, 2.75) is 15.2 Å². The van der Waals surface area contributed by atoms with Crippen LogP contribution in [0.1, 0.15) is 38.9 Å². The summed E-state index contributed by atoms with van der Waals surface area (Å²) in [6.45, 7) is 0. The highest BCUT2D eigenvalue weighted by atomic mass is 35.5. The molecule has 10 rings (SSSR count). The van der Waals surface area contributed by atoms with Crippen molar-refractivity contribution >= 4 is 33.0 Å². The summed E-state index contributed by atoms with van der Waals surface area (Å²) in [5, 5.41) is 30.2. The van der Waals surface area contributed by atoms with Gasteiger partial charge in [-0.05, 0) is 143 Å². The highest BCUT2D eigenvalue weighted by Crippen LogP contribution is 2.56. The number of hydrogen-bond acceptors (Lipinski definition) is 9. The Morgan fingerprint density at radius 1 is 0.371 bits per heavy atom. The second-order valence-electron chi connectivity index (χ2n) is 15.9. The molecule has 0 amide bonds. The summed E-state index contributed by atoms with van der Waals surface area (Å²) in [5.41, 5.74) is 6.25. The van der Waals surface area contributed by atoms with E-state index in [1.165, 1.54) is 48.5 Å². The molecule has 70 heavy (non-hydrogen) atoms. The van der Waals surface area contributed by atoms with Crippen LogP contribution in [0, 0.1) is 34.0 Å². The van der Waals surface area contributed by atoms with Gasteiger partial charge in [0.2, 0.25) is 9.84 Å². The first-order chi connectivity index (χ1) is 34.1. The van der Waals surface area contributed by atoms with Gasteiger partial charge in [-0.25, -0.2) is 8.42 Å². The Hall–Kier alpha value is -8.82. The summed E-state index contributed by atoms with van der Waals surface area (Å²) >= 11 is 12.4. The van der Waals surface area contributed by atoms with Crippen molar-refractivity contribution in [1.29, 1.82) is 15.8 Å². The van der Waals surface area contributed by atoms with E-state index in [1.54, 1.807) is 54.6 Å². The van der Waals surface area contributed by atoms with Crippen LogP contribution in [0.3, 0.4) is 0 Å². The van der Waals surface area contributed by atoms with E-state index in [-0.39, 0.29) is 48.8 Å². The number of nitriles is 3. The minimum absolute atomic E-state index is 0.0254. The van der Waals surface area contributed by atoms with Gasteiger partial charge >= 0.3 is 0 Å². The topological polar surface area (TPSA) is 142 Å². The fourth-order valence-corrected chi connectivity index (χ4v) is 10.5. The minimum atomic E-state index is -3.94. The van der Waals surface area contributed by atoms with Crippen LogP contribution in [0.4, 0.5) is 0 Å². The maximum absolute atomic E-state index is 13.6. The normalized spacial score (nSPS) is 12.0. The van der Waals surface area contributed by atoms with Crippen molar-refractivity contribution in [1.82, 2.24) is 0 Å². The first kappa shape index (κ1) is 45.0. The quantitative estimate of drug-likeness (QED) is 0.117. The van der Waals surface area contributed by atoms with E-state index in [0.29, 0.717) is 33.8 Å². The summed E-state index contributed by atoms with van der Waals surface area (Å²) in [5.74, 6) is 2.74. The molecule has 12 heteroatoms. The van der Waals surface area contributed by atoms with Gasteiger partial charge in [0.25, 0.3) is 0 Å². The van der Waals surface area contributed by atoms with E-state index in [9.17, 15) is 24.2 Å². The van der Waals surface area contributed by atoms with Crippen molar-refractivity contribution in [3.05, 3.63) is 249 Å². The highest BCUT2D eigenvalue weighted by molar-refractivity contribution is 7.91. The number of hydrogen-bond donors (Lipinski definition) is 0. The molecule has 9 aromatic carbocycles. The van der Waals surface area contributed by atoms with E-state index in [1.807, 2.05) is 78.9 Å². The number of fused-ring (bicyclic) bond motifs is 3. The Labute approximate surface area is 413 Å². The summed E-state index contributed by atoms with van der Waals surface area (Å²) in [7, 11) is -3.94. The van der Waals surface area contributed by atoms with Crippen LogP contribution in [-0.4, -0.2) is 8.42 Å². The Morgan fingerprint density at radius 3 is 1.04 bits per heavy atom. The molecule has 0 unspecified atom stereocenters. The summed E-state index contributed by atoms with van der Waals surface area (Å²) in [6, 6.07) is 65.5. The van der Waals surface area contributed by atoms with E-state index >= 15 is 0 Å². The number of halogens is 2. The predicted molar refractivity (Wildman–Crippen MR) is 266 cm³/mol. The van der Waals surface area contributed by atoms with Gasteiger partial charge in [0.05, 0.1) is 25.3 Å². The van der Waals surface area contributed by atoms with Crippen LogP contribution in [-0.2, 0) is 15.3 Å². The lowest BCUT2D eigenvalue weighted by molar-refractivity contribution is 0.457. The maximum atomic E-state index is 13.6. The third-order valence-electron chi connectivity index (χ3n) is 12.0. The molecular formula is C58H33Cl2N3O6S. The van der Waals surface area contributed by atoms with E-state index in [2.05, 4.69) is 36.4 Å². The Balaban J connectivity index is 0.896. The van der Waals surface area contributed by atoms with Crippen molar-refractivity contribution < 1.29 is 27.4 Å². The van der Waals surface area contributed by atoms with E-state index < -0.39 is 15.3 Å². The van der Waals surface area contributed by atoms with Gasteiger partial charge in [0, 0.05) is 0 Å². The third-order valence-corrected chi connectivity index (χ3v) is 14.4. The van der Waals surface area contributed by atoms with Gasteiger partial charge in [-0.3, -0.25) is 0 Å². The van der Waals surface area contributed by atoms with Crippen LogP contribution in [0.5, 0.6) is 46.0 Å². The van der Waals surface area contributed by atoms with Crippen molar-refractivity contribution in [2.24, 2.45) is 0 Å². The average Bonchev–Trinajstić information content (AvgIpc) is 3.68. The molecule has 0 N–H and O–H groups in total. The minimum Gasteiger partial charge on any atom is -0.456 e. The first-order valence-electron chi connectivity index (χ1n) is 21.6. The molecule has 9 aromatic rings. The van der Waals surface area contributed by atoms with Gasteiger partial charge in [0.1, 0.15) is 80.9 Å². The molecule has 0 aromatic heterocycles. The summed E-state index contributed by atoms with van der Waals surface area (Å²) < 4.78 is 51.7. The highest BCUT2D eigenvalue weighted by Gasteiger charge is 2.46. The molecule has 0 bridgehead atoms. The molecule has 0 atom stereocenters. The van der Waals surface area contributed by atoms with Crippen LogP contribution in [0.2, 0.25) is 10.0 Å². The SMILES string of the molecule is N#Cc1c(Cl)cccc1Oc1ccc(C2(c3ccc(Oc4cccc(Oc5ccc(S(=O)(=O)c6ccc(Oc7cccc(Cl)c7C#N)cc6)cc5)c4C#N)cc3)c3ccccc3-c3ccccc32)cc1. The zero-order valence-corrected chi connectivity index (χ0v) is 38.8. The summed E-state index contributed by atoms with van der Waals surface area (Å²) in [4.78, 5) is 0.0570. The molecule has 1 aliphatic rings. The lowest BCUT2D eigenvalue weighted by atomic mass is 9.68. The van der Waals surface area contributed by atoms with Crippen molar-refractivity contribution in [3.63, 3.8) is 0 Å². The van der Waals surface area contributed by atoms with Gasteiger partial charge in [-0.15, -0.1) is 0 Å². The number of benzene rings is 9. The summed E-state index contributed by atoms with van der Waals surface area (Å²) in [6.07, 6.45) is 0. The van der Waals surface area contributed by atoms with Crippen LogP contribution in [0.25, 0.3) is 11.1 Å². The number of nitrogens with zero attached hydrogens (tertiary/aromatic N) is 3. The fraction of sp³-hybridized carbons (Fsp3) is 0.0172. The fourth-order valence-electron chi connectivity index (χ4n) is 8.77. The van der Waals surface area contributed by atoms with Crippen molar-refractivity contribution in [3.8, 4) is 75.3 Å². The Morgan fingerprint density at radius 2 is 0.686 bits per heavy atom. The third kappa shape index (κ3) is 8.11. The van der Waals surface area contributed by atoms with Gasteiger partial charge < -0.3 is 18.9 Å². The van der Waals surface area contributed by atoms with Gasteiger partial charge in [-0.1, -0.05) is 114 Å². The monoisotopic (exact) mass is 969 g/mol. The Kier molecular flexibility index (Phi) is 12.0. The van der Waals surface area contributed by atoms with Crippen molar-refractivity contribution in [2.75, 3.05) is 0 Å². The average molecular weight is 971 g/mol. The molecule has 0 aliphatic heterocycles. The molecule has 0 saturated carbocycles. The molecule has 0 saturated heterocycles. The first-order valence-corrected chi connectivity index (χ1v) is 23.8. The second-order valence-corrected chi connectivity index (χ2v) is 18.7. The molecule has 0 radical (unpaired) electrons. The van der Waals surface area contributed by atoms with Crippen LogP contribution in [0.15, 0.2) is 210 Å². The molecule has 1 aliphatic carbocycles. The maximum Gasteiger partial charge on any atom is 0.206 e. The standard InChI is InChI=1S/C58H33Cl2N3O6S/c59-52-12-5-14-54(47(52)34-61)66-39-22-18-37(19-23-39)58(50-10-3-1-8-45(50)46-9-2-4-11-51(46)58)38-20-24-40(25-21-38)68-56-16-7-17-57(49(56)36-63)69-42-28-32-44(33-29-42)70(64,65)43-30-26-41(27-31-43)67-55-15-6-13-53(60)48(55)35-62/h1-33H. The number of rotatable bonds is 12. The molecule has 0 heterocycles. The molecule has 9 nitrogen and oxygen atoms in total. The van der Waals surface area contributed by atoms with Crippen LogP contribution < -0.4 is 18.9 Å². The van der Waals surface area contributed by atoms with Gasteiger partial charge in [-0.2, -0.15) is 15.8 Å². The molecular weight excluding hydrogens is 938 g/mol. The zero-order chi connectivity index (χ0) is 48.4. The Bertz CT molecular complexity index is 3690. The zero-order valence-electron chi connectivity index (χ0n) is 36.5. The number of ether oxygens (including phenoxy) is 4. The molecule has 0 spiro atoms. The second kappa shape index (κ2) is 18.7. The molecule has 336 valence electrons. The lowest BCUT2D eigenvalue weighted by Gasteiger charge is -2.34. The number of sulfone groups is 1. The van der Waals surface area contributed by atoms with Crippen LogP contribution >= 0.6 is 23.2 Å². The molecule has 0 fully saturated rings. The smallest absolute Gasteiger partial charge is 0.206 e.